The number of rotatable bonds is 14. The Morgan fingerprint density at radius 2 is 1.40 bits per heavy atom. The Bertz CT molecular complexity index is 1340. The summed E-state index contributed by atoms with van der Waals surface area (Å²) in [4.78, 5) is 14.1. The second-order valence-corrected chi connectivity index (χ2v) is 13.4. The highest BCUT2D eigenvalue weighted by Crippen LogP contribution is 2.46. The molecule has 5 nitrogen and oxygen atoms in total. The SMILES string of the molecule is CCN(CC)C(c1nc(Cc2ccccc2)c(N(C)CCc2ccccc2)o1)C1CCC(C(c2cccs2)N(C)C)CC1. The van der Waals surface area contributed by atoms with Gasteiger partial charge in [0.25, 0.3) is 0 Å². The molecule has 2 aromatic heterocycles. The predicted octanol–water partition coefficient (Wildman–Crippen LogP) is 8.50. The first-order valence-corrected chi connectivity index (χ1v) is 17.1. The van der Waals surface area contributed by atoms with Crippen molar-refractivity contribution in [3.8, 4) is 0 Å². The smallest absolute Gasteiger partial charge is 0.219 e. The lowest BCUT2D eigenvalue weighted by Crippen LogP contribution is -2.37. The molecule has 6 heteroatoms. The molecule has 0 bridgehead atoms. The van der Waals surface area contributed by atoms with Crippen LogP contribution in [0.15, 0.2) is 82.6 Å². The number of benzene rings is 2. The van der Waals surface area contributed by atoms with E-state index in [9.17, 15) is 0 Å². The van der Waals surface area contributed by atoms with Gasteiger partial charge in [-0.3, -0.25) is 4.90 Å². The molecular weight excluding hydrogens is 549 g/mol. The normalized spacial score (nSPS) is 18.7. The molecule has 2 heterocycles. The van der Waals surface area contributed by atoms with E-state index in [0.29, 0.717) is 17.9 Å². The number of thiophene rings is 1. The molecule has 0 saturated heterocycles. The molecule has 1 saturated carbocycles. The molecule has 0 N–H and O–H groups in total. The van der Waals surface area contributed by atoms with Gasteiger partial charge in [0.05, 0.1) is 6.04 Å². The molecule has 0 amide bonds. The van der Waals surface area contributed by atoms with Crippen molar-refractivity contribution in [3.63, 3.8) is 0 Å². The van der Waals surface area contributed by atoms with Crippen molar-refractivity contribution < 1.29 is 4.42 Å². The van der Waals surface area contributed by atoms with E-state index in [1.54, 1.807) is 0 Å². The maximum absolute atomic E-state index is 6.88. The van der Waals surface area contributed by atoms with E-state index in [1.165, 1.54) is 41.7 Å². The molecule has 5 rings (SSSR count). The van der Waals surface area contributed by atoms with Crippen molar-refractivity contribution >= 4 is 17.2 Å². The van der Waals surface area contributed by atoms with Gasteiger partial charge >= 0.3 is 0 Å². The minimum Gasteiger partial charge on any atom is -0.423 e. The second-order valence-electron chi connectivity index (χ2n) is 12.4. The molecule has 1 aliphatic rings. The Morgan fingerprint density at radius 3 is 1.95 bits per heavy atom. The third-order valence-electron chi connectivity index (χ3n) is 9.39. The van der Waals surface area contributed by atoms with Gasteiger partial charge in [0.1, 0.15) is 5.69 Å². The monoisotopic (exact) mass is 598 g/mol. The number of hydrogen-bond donors (Lipinski definition) is 0. The topological polar surface area (TPSA) is 35.8 Å². The largest absolute Gasteiger partial charge is 0.423 e. The van der Waals surface area contributed by atoms with Gasteiger partial charge in [-0.05, 0) is 93.7 Å². The van der Waals surface area contributed by atoms with Crippen LogP contribution in [0.25, 0.3) is 0 Å². The van der Waals surface area contributed by atoms with Crippen LogP contribution in [0.1, 0.15) is 79.2 Å². The van der Waals surface area contributed by atoms with E-state index in [-0.39, 0.29) is 6.04 Å². The highest BCUT2D eigenvalue weighted by molar-refractivity contribution is 7.10. The summed E-state index contributed by atoms with van der Waals surface area (Å²) in [5, 5.41) is 2.22. The van der Waals surface area contributed by atoms with Crippen molar-refractivity contribution in [2.45, 2.75) is 64.5 Å². The van der Waals surface area contributed by atoms with Crippen molar-refractivity contribution in [1.82, 2.24) is 14.8 Å². The van der Waals surface area contributed by atoms with Gasteiger partial charge in [-0.25, -0.2) is 4.98 Å². The van der Waals surface area contributed by atoms with Gasteiger partial charge < -0.3 is 14.2 Å². The molecule has 2 atom stereocenters. The van der Waals surface area contributed by atoms with Crippen LogP contribution in [0.2, 0.25) is 0 Å². The highest BCUT2D eigenvalue weighted by atomic mass is 32.1. The fraction of sp³-hybridized carbons (Fsp3) is 0.486. The van der Waals surface area contributed by atoms with Crippen molar-refractivity contribution in [2.75, 3.05) is 45.7 Å². The first-order chi connectivity index (χ1) is 21.0. The van der Waals surface area contributed by atoms with Crippen molar-refractivity contribution in [3.05, 3.63) is 106 Å². The standard InChI is InChI=1S/C37H50N4OS/c1-6-41(7-2)35(31-22-20-30(21-23-31)34(39(3)4)33-19-14-26-43-33)36-38-32(27-29-17-12-9-13-18-29)37(42-36)40(5)25-24-28-15-10-8-11-16-28/h8-19,26,30-31,34-35H,6-7,20-25,27H2,1-5H3. The van der Waals surface area contributed by atoms with Crippen LogP contribution in [0.5, 0.6) is 0 Å². The average molecular weight is 599 g/mol. The number of nitrogens with zero attached hydrogens (tertiary/aromatic N) is 4. The summed E-state index contributed by atoms with van der Waals surface area (Å²) in [6.45, 7) is 7.43. The van der Waals surface area contributed by atoms with Crippen LogP contribution >= 0.6 is 11.3 Å². The maximum atomic E-state index is 6.88. The van der Waals surface area contributed by atoms with E-state index < -0.39 is 0 Å². The van der Waals surface area contributed by atoms with Crippen LogP contribution in [-0.2, 0) is 12.8 Å². The first kappa shape index (κ1) is 31.5. The summed E-state index contributed by atoms with van der Waals surface area (Å²) >= 11 is 1.90. The lowest BCUT2D eigenvalue weighted by Gasteiger charge is -2.41. The van der Waals surface area contributed by atoms with Gasteiger partial charge in [-0.15, -0.1) is 11.3 Å². The molecular formula is C37H50N4OS. The van der Waals surface area contributed by atoms with Crippen molar-refractivity contribution in [1.29, 1.82) is 0 Å². The van der Waals surface area contributed by atoms with Crippen LogP contribution in [0.3, 0.4) is 0 Å². The van der Waals surface area contributed by atoms with E-state index in [0.717, 1.165) is 49.9 Å². The number of anilines is 1. The van der Waals surface area contributed by atoms with E-state index in [1.807, 2.05) is 11.3 Å². The van der Waals surface area contributed by atoms with E-state index in [2.05, 4.69) is 128 Å². The van der Waals surface area contributed by atoms with Crippen molar-refractivity contribution in [2.24, 2.45) is 11.8 Å². The summed E-state index contributed by atoms with van der Waals surface area (Å²) in [6.07, 6.45) is 6.64. The summed E-state index contributed by atoms with van der Waals surface area (Å²) in [7, 11) is 6.64. The van der Waals surface area contributed by atoms with E-state index in [4.69, 9.17) is 9.40 Å². The number of oxazole rings is 1. The summed E-state index contributed by atoms with van der Waals surface area (Å²) < 4.78 is 6.88. The van der Waals surface area contributed by atoms with Crippen LogP contribution < -0.4 is 4.90 Å². The fourth-order valence-corrected chi connectivity index (χ4v) is 8.17. The number of likely N-dealkylation sites (N-methyl/N-ethyl adjacent to an activating group) is 1. The van der Waals surface area contributed by atoms with Crippen LogP contribution in [-0.4, -0.2) is 55.6 Å². The Balaban J connectivity index is 1.40. The Kier molecular flexibility index (Phi) is 11.1. The first-order valence-electron chi connectivity index (χ1n) is 16.2. The summed E-state index contributed by atoms with van der Waals surface area (Å²) in [5.74, 6) is 3.04. The summed E-state index contributed by atoms with van der Waals surface area (Å²) in [5.41, 5.74) is 3.66. The zero-order valence-corrected chi connectivity index (χ0v) is 27.6. The van der Waals surface area contributed by atoms with Gasteiger partial charge in [0.15, 0.2) is 0 Å². The summed E-state index contributed by atoms with van der Waals surface area (Å²) in [6, 6.07) is 26.6. The van der Waals surface area contributed by atoms with Gasteiger partial charge in [0.2, 0.25) is 11.8 Å². The lowest BCUT2D eigenvalue weighted by molar-refractivity contribution is 0.0745. The predicted molar refractivity (Wildman–Crippen MR) is 181 cm³/mol. The van der Waals surface area contributed by atoms with Gasteiger partial charge in [-0.1, -0.05) is 80.6 Å². The molecule has 1 aliphatic carbocycles. The molecule has 0 aliphatic heterocycles. The molecule has 2 aromatic carbocycles. The Hall–Kier alpha value is -2.93. The van der Waals surface area contributed by atoms with Crippen LogP contribution in [0.4, 0.5) is 5.88 Å². The molecule has 0 radical (unpaired) electrons. The molecule has 4 aromatic rings. The lowest BCUT2D eigenvalue weighted by atomic mass is 9.74. The Labute approximate surface area is 263 Å². The van der Waals surface area contributed by atoms with E-state index >= 15 is 0 Å². The molecule has 0 spiro atoms. The van der Waals surface area contributed by atoms with Gasteiger partial charge in [0, 0.05) is 30.9 Å². The number of aromatic nitrogens is 1. The molecule has 43 heavy (non-hydrogen) atoms. The minimum absolute atomic E-state index is 0.196. The third kappa shape index (κ3) is 7.78. The molecule has 1 fully saturated rings. The second kappa shape index (κ2) is 15.2. The maximum Gasteiger partial charge on any atom is 0.219 e. The fourth-order valence-electron chi connectivity index (χ4n) is 7.15. The zero-order chi connectivity index (χ0) is 30.2. The zero-order valence-electron chi connectivity index (χ0n) is 26.8. The minimum atomic E-state index is 0.196. The molecule has 230 valence electrons. The Morgan fingerprint density at radius 1 is 0.791 bits per heavy atom. The third-order valence-corrected chi connectivity index (χ3v) is 10.3. The average Bonchev–Trinajstić information content (AvgIpc) is 3.71. The quantitative estimate of drug-likeness (QED) is 0.145. The molecule has 2 unspecified atom stereocenters. The number of hydrogen-bond acceptors (Lipinski definition) is 6. The van der Waals surface area contributed by atoms with Gasteiger partial charge in [-0.2, -0.15) is 0 Å². The van der Waals surface area contributed by atoms with Crippen LogP contribution in [0, 0.1) is 11.8 Å². The highest BCUT2D eigenvalue weighted by Gasteiger charge is 2.38.